The molecule has 0 spiro atoms. The molecule has 0 aliphatic carbocycles. The Kier molecular flexibility index (Phi) is 8.30. The molecule has 1 amide bonds. The maximum Gasteiger partial charge on any atom is 0.255 e. The van der Waals surface area contributed by atoms with Crippen LogP contribution < -0.4 is 14.8 Å². The van der Waals surface area contributed by atoms with E-state index < -0.39 is 10.0 Å². The summed E-state index contributed by atoms with van der Waals surface area (Å²) in [4.78, 5) is 13.1. The van der Waals surface area contributed by atoms with Gasteiger partial charge in [0, 0.05) is 38.0 Å². The van der Waals surface area contributed by atoms with Crippen molar-refractivity contribution in [3.05, 3.63) is 60.3 Å². The minimum Gasteiger partial charge on any atom is -0.497 e. The van der Waals surface area contributed by atoms with Crippen LogP contribution in [-0.4, -0.2) is 68.5 Å². The van der Waals surface area contributed by atoms with Crippen LogP contribution in [0, 0.1) is 0 Å². The molecule has 0 unspecified atom stereocenters. The summed E-state index contributed by atoms with van der Waals surface area (Å²) in [6.07, 6.45) is 2.16. The van der Waals surface area contributed by atoms with Gasteiger partial charge in [0.05, 0.1) is 31.2 Å². The van der Waals surface area contributed by atoms with E-state index >= 15 is 0 Å². The Bertz CT molecular complexity index is 1230. The van der Waals surface area contributed by atoms with Gasteiger partial charge in [-0.2, -0.15) is 5.10 Å². The molecule has 1 aromatic heterocycles. The molecule has 34 heavy (non-hydrogen) atoms. The minimum atomic E-state index is -3.25. The third kappa shape index (κ3) is 5.75. The van der Waals surface area contributed by atoms with E-state index in [-0.39, 0.29) is 11.7 Å². The smallest absolute Gasteiger partial charge is 0.255 e. The van der Waals surface area contributed by atoms with Crippen LogP contribution in [0.3, 0.4) is 0 Å². The molecule has 0 bridgehead atoms. The normalized spacial score (nSPS) is 11.4. The van der Waals surface area contributed by atoms with E-state index in [4.69, 9.17) is 9.47 Å². The summed E-state index contributed by atoms with van der Waals surface area (Å²) in [7, 11) is 1.41. The molecular weight excluding hydrogens is 456 g/mol. The SMILES string of the molecule is CCS(=O)(=O)N(C)CCCNC(=O)c1cn(-c2ccccc2)nc1-c1ccc(OC)cc1OC. The van der Waals surface area contributed by atoms with E-state index in [9.17, 15) is 13.2 Å². The predicted octanol–water partition coefficient (Wildman–Crippen LogP) is 2.96. The van der Waals surface area contributed by atoms with Gasteiger partial charge in [-0.05, 0) is 37.6 Å². The molecule has 0 saturated heterocycles. The summed E-state index contributed by atoms with van der Waals surface area (Å²) in [6.45, 7) is 2.24. The van der Waals surface area contributed by atoms with Crippen molar-refractivity contribution in [2.45, 2.75) is 13.3 Å². The zero-order chi connectivity index (χ0) is 24.7. The Morgan fingerprint density at radius 2 is 1.85 bits per heavy atom. The van der Waals surface area contributed by atoms with Crippen molar-refractivity contribution in [3.8, 4) is 28.4 Å². The fraction of sp³-hybridized carbons (Fsp3) is 0.333. The molecule has 10 heteroatoms. The van der Waals surface area contributed by atoms with Crippen molar-refractivity contribution >= 4 is 15.9 Å². The number of ether oxygens (including phenoxy) is 2. The third-order valence-corrected chi connectivity index (χ3v) is 7.28. The largest absolute Gasteiger partial charge is 0.497 e. The van der Waals surface area contributed by atoms with E-state index in [0.29, 0.717) is 47.8 Å². The molecule has 3 aromatic rings. The Morgan fingerprint density at radius 3 is 2.50 bits per heavy atom. The van der Waals surface area contributed by atoms with Crippen molar-refractivity contribution in [1.29, 1.82) is 0 Å². The second kappa shape index (κ2) is 11.2. The highest BCUT2D eigenvalue weighted by molar-refractivity contribution is 7.89. The molecule has 0 aliphatic rings. The molecule has 9 nitrogen and oxygen atoms in total. The average molecular weight is 487 g/mol. The molecule has 3 rings (SSSR count). The first kappa shape index (κ1) is 25.3. The topological polar surface area (TPSA) is 103 Å². The number of methoxy groups -OCH3 is 2. The van der Waals surface area contributed by atoms with E-state index in [0.717, 1.165) is 5.69 Å². The number of nitrogens with one attached hydrogen (secondary N) is 1. The molecule has 0 fully saturated rings. The van der Waals surface area contributed by atoms with E-state index in [2.05, 4.69) is 10.4 Å². The van der Waals surface area contributed by atoms with E-state index in [1.54, 1.807) is 57.3 Å². The third-order valence-electron chi connectivity index (χ3n) is 5.42. The lowest BCUT2D eigenvalue weighted by Gasteiger charge is -2.15. The molecule has 0 radical (unpaired) electrons. The standard InChI is InChI=1S/C24H30N4O5S/c1-5-34(30,31)27(2)15-9-14-25-24(29)21-17-28(18-10-7-6-8-11-18)26-23(21)20-13-12-19(32-3)16-22(20)33-4/h6-8,10-13,16-17H,5,9,14-15H2,1-4H3,(H,25,29). The van der Waals surface area contributed by atoms with Crippen LogP contribution in [0.1, 0.15) is 23.7 Å². The molecule has 1 heterocycles. The van der Waals surface area contributed by atoms with Crippen LogP contribution in [0.15, 0.2) is 54.7 Å². The van der Waals surface area contributed by atoms with Crippen LogP contribution in [0.2, 0.25) is 0 Å². The first-order valence-electron chi connectivity index (χ1n) is 10.9. The zero-order valence-electron chi connectivity index (χ0n) is 19.8. The summed E-state index contributed by atoms with van der Waals surface area (Å²) in [5.74, 6) is 0.885. The fourth-order valence-corrected chi connectivity index (χ4v) is 4.25. The number of rotatable bonds is 11. The minimum absolute atomic E-state index is 0.0432. The molecule has 0 saturated carbocycles. The molecule has 1 N–H and O–H groups in total. The van der Waals surface area contributed by atoms with Gasteiger partial charge in [-0.3, -0.25) is 4.79 Å². The van der Waals surface area contributed by atoms with Crippen molar-refractivity contribution < 1.29 is 22.7 Å². The first-order chi connectivity index (χ1) is 16.3. The highest BCUT2D eigenvalue weighted by atomic mass is 32.2. The molecule has 0 atom stereocenters. The van der Waals surface area contributed by atoms with Gasteiger partial charge in [-0.25, -0.2) is 17.4 Å². The number of sulfonamides is 1. The van der Waals surface area contributed by atoms with Crippen LogP contribution >= 0.6 is 0 Å². The monoisotopic (exact) mass is 486 g/mol. The second-order valence-corrected chi connectivity index (χ2v) is 9.93. The van der Waals surface area contributed by atoms with Gasteiger partial charge in [0.25, 0.3) is 5.91 Å². The molecular formula is C24H30N4O5S. The number of carbonyl (C=O) groups excluding carboxylic acids is 1. The van der Waals surface area contributed by atoms with Crippen LogP contribution in [0.25, 0.3) is 16.9 Å². The Labute approximate surface area is 200 Å². The van der Waals surface area contributed by atoms with Crippen molar-refractivity contribution in [3.63, 3.8) is 0 Å². The lowest BCUT2D eigenvalue weighted by atomic mass is 10.1. The van der Waals surface area contributed by atoms with Crippen LogP contribution in [0.5, 0.6) is 11.5 Å². The van der Waals surface area contributed by atoms with E-state index in [1.165, 1.54) is 4.31 Å². The Balaban J connectivity index is 1.87. The molecule has 0 aliphatic heterocycles. The van der Waals surface area contributed by atoms with Crippen molar-refractivity contribution in [2.75, 3.05) is 40.1 Å². The molecule has 2 aromatic carbocycles. The highest BCUT2D eigenvalue weighted by Crippen LogP contribution is 2.34. The van der Waals surface area contributed by atoms with Gasteiger partial charge in [0.15, 0.2) is 0 Å². The number of hydrogen-bond donors (Lipinski definition) is 1. The zero-order valence-corrected chi connectivity index (χ0v) is 20.6. The summed E-state index contributed by atoms with van der Waals surface area (Å²) < 4.78 is 37.6. The maximum absolute atomic E-state index is 13.1. The lowest BCUT2D eigenvalue weighted by molar-refractivity contribution is 0.0953. The van der Waals surface area contributed by atoms with Gasteiger partial charge < -0.3 is 14.8 Å². The predicted molar refractivity (Wildman–Crippen MR) is 131 cm³/mol. The summed E-state index contributed by atoms with van der Waals surface area (Å²) >= 11 is 0. The van der Waals surface area contributed by atoms with Gasteiger partial charge in [-0.15, -0.1) is 0 Å². The summed E-state index contributed by atoms with van der Waals surface area (Å²) in [5, 5.41) is 7.56. The number of benzene rings is 2. The van der Waals surface area contributed by atoms with Gasteiger partial charge in [-0.1, -0.05) is 18.2 Å². The number of amides is 1. The number of para-hydroxylation sites is 1. The van der Waals surface area contributed by atoms with Crippen molar-refractivity contribution in [2.24, 2.45) is 0 Å². The number of carbonyl (C=O) groups is 1. The van der Waals surface area contributed by atoms with Crippen molar-refractivity contribution in [1.82, 2.24) is 19.4 Å². The molecule has 182 valence electrons. The van der Waals surface area contributed by atoms with Gasteiger partial charge in [0.2, 0.25) is 10.0 Å². The summed E-state index contributed by atoms with van der Waals surface area (Å²) in [6, 6.07) is 14.8. The number of hydrogen-bond acceptors (Lipinski definition) is 6. The Morgan fingerprint density at radius 1 is 1.12 bits per heavy atom. The van der Waals surface area contributed by atoms with Crippen LogP contribution in [0.4, 0.5) is 0 Å². The maximum atomic E-state index is 13.1. The van der Waals surface area contributed by atoms with Gasteiger partial charge >= 0.3 is 0 Å². The number of aromatic nitrogens is 2. The first-order valence-corrected chi connectivity index (χ1v) is 12.5. The lowest BCUT2D eigenvalue weighted by Crippen LogP contribution is -2.32. The van der Waals surface area contributed by atoms with Crippen LogP contribution in [-0.2, 0) is 10.0 Å². The summed E-state index contributed by atoms with van der Waals surface area (Å²) in [5.41, 5.74) is 2.30. The highest BCUT2D eigenvalue weighted by Gasteiger charge is 2.22. The van der Waals surface area contributed by atoms with E-state index in [1.807, 2.05) is 30.3 Å². The average Bonchev–Trinajstić information content (AvgIpc) is 3.31. The number of nitrogens with zero attached hydrogens (tertiary/aromatic N) is 3. The Hall–Kier alpha value is -3.37. The fourth-order valence-electron chi connectivity index (χ4n) is 3.40. The van der Waals surface area contributed by atoms with Gasteiger partial charge in [0.1, 0.15) is 17.2 Å². The quantitative estimate of drug-likeness (QED) is 0.418. The second-order valence-electron chi connectivity index (χ2n) is 7.57.